The maximum absolute atomic E-state index is 12.4. The van der Waals surface area contributed by atoms with E-state index in [4.69, 9.17) is 14.6 Å². The highest BCUT2D eigenvalue weighted by molar-refractivity contribution is 5.57. The summed E-state index contributed by atoms with van der Waals surface area (Å²) < 4.78 is 50.8. The van der Waals surface area contributed by atoms with Gasteiger partial charge in [0.25, 0.3) is 0 Å². The second kappa shape index (κ2) is 6.99. The molecule has 0 amide bonds. The number of ether oxygens (including phenoxy) is 3. The summed E-state index contributed by atoms with van der Waals surface area (Å²) in [5.74, 6) is 0.608. The molecule has 0 aromatic heterocycles. The van der Waals surface area contributed by atoms with Crippen LogP contribution in [0, 0.1) is 0 Å². The largest absolute Gasteiger partial charge is 0.506 e. The molecule has 0 saturated heterocycles. The van der Waals surface area contributed by atoms with Gasteiger partial charge < -0.3 is 19.3 Å². The molecule has 1 rings (SSSR count). The van der Waals surface area contributed by atoms with Gasteiger partial charge in [0, 0.05) is 0 Å². The molecule has 0 saturated carbocycles. The Bertz CT molecular complexity index is 430. The number of hydrogen-bond acceptors (Lipinski definition) is 4. The maximum Gasteiger partial charge on any atom is 0.506 e. The van der Waals surface area contributed by atoms with E-state index in [0.717, 1.165) is 0 Å². The number of methoxy groups -OCH3 is 1. The van der Waals surface area contributed by atoms with E-state index >= 15 is 0 Å². The van der Waals surface area contributed by atoms with E-state index in [2.05, 4.69) is 4.74 Å². The number of carbonyl (C=O) groups is 1. The fraction of sp³-hybridized carbons (Fsp3) is 0.417. The van der Waals surface area contributed by atoms with Crippen LogP contribution in [-0.4, -0.2) is 37.3 Å². The van der Waals surface area contributed by atoms with Crippen LogP contribution < -0.4 is 4.74 Å². The Morgan fingerprint density at radius 1 is 1.30 bits per heavy atom. The maximum atomic E-state index is 12.4. The monoisotopic (exact) mass is 294 g/mol. The van der Waals surface area contributed by atoms with Gasteiger partial charge in [0.1, 0.15) is 5.75 Å². The summed E-state index contributed by atoms with van der Waals surface area (Å²) in [7, 11) is 1.49. The number of benzene rings is 1. The van der Waals surface area contributed by atoms with Gasteiger partial charge in [-0.2, -0.15) is 13.2 Å². The lowest BCUT2D eigenvalue weighted by molar-refractivity contribution is -0.221. The molecular weight excluding hydrogens is 281 g/mol. The predicted molar refractivity (Wildman–Crippen MR) is 61.6 cm³/mol. The van der Waals surface area contributed by atoms with Crippen molar-refractivity contribution in [2.75, 3.05) is 13.7 Å². The molecule has 0 radical (unpaired) electrons. The van der Waals surface area contributed by atoms with Crippen LogP contribution in [0.3, 0.4) is 0 Å². The fourth-order valence-electron chi connectivity index (χ4n) is 1.32. The number of hydrogen-bond donors (Lipinski definition) is 1. The van der Waals surface area contributed by atoms with Crippen molar-refractivity contribution >= 4 is 6.16 Å². The van der Waals surface area contributed by atoms with Crippen LogP contribution in [0.4, 0.5) is 18.0 Å². The molecular formula is C12H13F3O5. The molecule has 0 bridgehead atoms. The molecule has 20 heavy (non-hydrogen) atoms. The minimum atomic E-state index is -4.81. The van der Waals surface area contributed by atoms with E-state index in [1.807, 2.05) is 0 Å². The summed E-state index contributed by atoms with van der Waals surface area (Å²) in [6.45, 7) is -0.999. The van der Waals surface area contributed by atoms with Crippen molar-refractivity contribution in [3.05, 3.63) is 29.8 Å². The van der Waals surface area contributed by atoms with Gasteiger partial charge in [-0.15, -0.1) is 0 Å². The average molecular weight is 294 g/mol. The van der Waals surface area contributed by atoms with Crippen LogP contribution in [0.5, 0.6) is 5.75 Å². The SMILES string of the molecule is COc1ccc(COC[C@@H](OC(=O)O)C(F)(F)F)cc1. The Hall–Kier alpha value is -1.96. The number of rotatable bonds is 6. The second-order valence-corrected chi connectivity index (χ2v) is 3.78. The summed E-state index contributed by atoms with van der Waals surface area (Å²) in [5.41, 5.74) is 0.627. The molecule has 5 nitrogen and oxygen atoms in total. The van der Waals surface area contributed by atoms with Crippen LogP contribution in [0.25, 0.3) is 0 Å². The molecule has 0 spiro atoms. The van der Waals surface area contributed by atoms with Crippen molar-refractivity contribution in [1.29, 1.82) is 0 Å². The van der Waals surface area contributed by atoms with E-state index in [1.165, 1.54) is 7.11 Å². The number of carboxylic acid groups (broad SMARTS) is 1. The Balaban J connectivity index is 2.49. The van der Waals surface area contributed by atoms with Crippen LogP contribution in [0.1, 0.15) is 5.56 Å². The summed E-state index contributed by atoms with van der Waals surface area (Å²) in [4.78, 5) is 10.2. The first kappa shape index (κ1) is 16.1. The lowest BCUT2D eigenvalue weighted by Gasteiger charge is -2.18. The van der Waals surface area contributed by atoms with Crippen LogP contribution >= 0.6 is 0 Å². The second-order valence-electron chi connectivity index (χ2n) is 3.78. The number of halogens is 3. The zero-order valence-electron chi connectivity index (χ0n) is 10.5. The normalized spacial score (nSPS) is 12.8. The molecule has 1 atom stereocenters. The van der Waals surface area contributed by atoms with Crippen molar-refractivity contribution in [3.63, 3.8) is 0 Å². The standard InChI is InChI=1S/C12H13F3O5/c1-18-9-4-2-8(3-5-9)6-19-7-10(12(13,14)15)20-11(16)17/h2-5,10H,6-7H2,1H3,(H,16,17)/t10-/m1/s1. The van der Waals surface area contributed by atoms with Crippen LogP contribution in [-0.2, 0) is 16.1 Å². The van der Waals surface area contributed by atoms with Gasteiger partial charge in [0.15, 0.2) is 0 Å². The van der Waals surface area contributed by atoms with Gasteiger partial charge in [0.2, 0.25) is 6.10 Å². The highest BCUT2D eigenvalue weighted by Crippen LogP contribution is 2.23. The smallest absolute Gasteiger partial charge is 0.497 e. The van der Waals surface area contributed by atoms with Gasteiger partial charge in [-0.05, 0) is 17.7 Å². The first-order chi connectivity index (χ1) is 9.32. The molecule has 1 aromatic rings. The van der Waals surface area contributed by atoms with Crippen LogP contribution in [0.2, 0.25) is 0 Å². The lowest BCUT2D eigenvalue weighted by atomic mass is 10.2. The zero-order valence-corrected chi connectivity index (χ0v) is 10.5. The lowest BCUT2D eigenvalue weighted by Crippen LogP contribution is -2.37. The quantitative estimate of drug-likeness (QED) is 0.817. The topological polar surface area (TPSA) is 65.0 Å². The molecule has 8 heteroatoms. The zero-order chi connectivity index (χ0) is 15.2. The van der Waals surface area contributed by atoms with Gasteiger partial charge in [0.05, 0.1) is 20.3 Å². The molecule has 1 aromatic carbocycles. The minimum absolute atomic E-state index is 0.0977. The number of alkyl halides is 3. The summed E-state index contributed by atoms with van der Waals surface area (Å²) >= 11 is 0. The molecule has 0 aliphatic carbocycles. The Morgan fingerprint density at radius 2 is 1.90 bits per heavy atom. The first-order valence-corrected chi connectivity index (χ1v) is 5.50. The molecule has 0 aliphatic heterocycles. The van der Waals surface area contributed by atoms with E-state index in [9.17, 15) is 18.0 Å². The van der Waals surface area contributed by atoms with Gasteiger partial charge in [-0.1, -0.05) is 12.1 Å². The molecule has 1 N–H and O–H groups in total. The third-order valence-electron chi connectivity index (χ3n) is 2.31. The van der Waals surface area contributed by atoms with Crippen LogP contribution in [0.15, 0.2) is 24.3 Å². The molecule has 0 aliphatic rings. The van der Waals surface area contributed by atoms with Crippen molar-refractivity contribution in [1.82, 2.24) is 0 Å². The van der Waals surface area contributed by atoms with Crippen molar-refractivity contribution in [2.45, 2.75) is 18.9 Å². The predicted octanol–water partition coefficient (Wildman–Crippen LogP) is 2.84. The summed E-state index contributed by atoms with van der Waals surface area (Å²) in [6.07, 6.45) is -9.31. The molecule has 112 valence electrons. The van der Waals surface area contributed by atoms with Gasteiger partial charge in [-0.3, -0.25) is 0 Å². The van der Waals surface area contributed by atoms with E-state index in [-0.39, 0.29) is 6.61 Å². The average Bonchev–Trinajstić information content (AvgIpc) is 2.37. The van der Waals surface area contributed by atoms with Crippen molar-refractivity contribution < 1.29 is 37.3 Å². The van der Waals surface area contributed by atoms with E-state index in [0.29, 0.717) is 11.3 Å². The van der Waals surface area contributed by atoms with Crippen molar-refractivity contribution in [2.24, 2.45) is 0 Å². The highest BCUT2D eigenvalue weighted by atomic mass is 19.4. The Morgan fingerprint density at radius 3 is 2.35 bits per heavy atom. The highest BCUT2D eigenvalue weighted by Gasteiger charge is 2.43. The Labute approximate surface area is 112 Å². The molecule has 0 fully saturated rings. The van der Waals surface area contributed by atoms with Crippen molar-refractivity contribution in [3.8, 4) is 5.75 Å². The third kappa shape index (κ3) is 5.35. The fourth-order valence-corrected chi connectivity index (χ4v) is 1.32. The third-order valence-corrected chi connectivity index (χ3v) is 2.31. The summed E-state index contributed by atoms with van der Waals surface area (Å²) in [5, 5.41) is 8.23. The van der Waals surface area contributed by atoms with E-state index < -0.39 is 25.0 Å². The van der Waals surface area contributed by atoms with Gasteiger partial charge in [-0.25, -0.2) is 4.79 Å². The minimum Gasteiger partial charge on any atom is -0.497 e. The first-order valence-electron chi connectivity index (χ1n) is 5.50. The molecule has 0 unspecified atom stereocenters. The Kier molecular flexibility index (Phi) is 5.63. The molecule has 0 heterocycles. The van der Waals surface area contributed by atoms with Gasteiger partial charge >= 0.3 is 12.3 Å². The summed E-state index contributed by atoms with van der Waals surface area (Å²) in [6, 6.07) is 6.51. The van der Waals surface area contributed by atoms with E-state index in [1.54, 1.807) is 24.3 Å².